The highest BCUT2D eigenvalue weighted by Gasteiger charge is 2.14. The van der Waals surface area contributed by atoms with E-state index in [2.05, 4.69) is 26.1 Å². The number of carbonyl (C=O) groups is 1. The van der Waals surface area contributed by atoms with Gasteiger partial charge in [-0.15, -0.1) is 0 Å². The first-order chi connectivity index (χ1) is 10.1. The first-order valence-electron chi connectivity index (χ1n) is 6.06. The van der Waals surface area contributed by atoms with E-state index in [-0.39, 0.29) is 11.3 Å². The Labute approximate surface area is 128 Å². The third-order valence-corrected chi connectivity index (χ3v) is 3.40. The summed E-state index contributed by atoms with van der Waals surface area (Å²) in [6.07, 6.45) is 1.47. The predicted octanol–water partition coefficient (Wildman–Crippen LogP) is 3.88. The van der Waals surface area contributed by atoms with Crippen molar-refractivity contribution in [3.63, 3.8) is 0 Å². The smallest absolute Gasteiger partial charge is 0.339 e. The van der Waals surface area contributed by atoms with Gasteiger partial charge in [0, 0.05) is 9.86 Å². The number of aromatic nitrogens is 2. The summed E-state index contributed by atoms with van der Waals surface area (Å²) in [6, 6.07) is 12.1. The molecule has 0 fully saturated rings. The average molecular weight is 345 g/mol. The Hall–Kier alpha value is -2.47. The molecule has 1 aromatic heterocycles. The van der Waals surface area contributed by atoms with Crippen molar-refractivity contribution in [2.75, 3.05) is 0 Å². The number of carboxylic acids is 1. The fourth-order valence-corrected chi connectivity index (χ4v) is 2.28. The van der Waals surface area contributed by atoms with Crippen LogP contribution in [0.3, 0.4) is 0 Å². The third kappa shape index (κ3) is 2.71. The van der Waals surface area contributed by atoms with Gasteiger partial charge in [0.15, 0.2) is 5.75 Å². The molecule has 0 unspecified atom stereocenters. The van der Waals surface area contributed by atoms with E-state index in [1.807, 2.05) is 24.3 Å². The average Bonchev–Trinajstić information content (AvgIpc) is 2.47. The Balaban J connectivity index is 2.11. The maximum Gasteiger partial charge on any atom is 0.339 e. The first-order valence-corrected chi connectivity index (χ1v) is 6.85. The number of halogens is 1. The molecule has 0 saturated carbocycles. The summed E-state index contributed by atoms with van der Waals surface area (Å²) in [5, 5.41) is 17.9. The van der Waals surface area contributed by atoms with Gasteiger partial charge in [-0.1, -0.05) is 28.1 Å². The molecule has 0 aliphatic carbocycles. The fourth-order valence-electron chi connectivity index (χ4n) is 1.94. The Bertz CT molecular complexity index is 831. The van der Waals surface area contributed by atoms with Crippen LogP contribution in [0.25, 0.3) is 10.9 Å². The number of ether oxygens (including phenoxy) is 1. The molecule has 3 aromatic rings. The second kappa shape index (κ2) is 5.49. The van der Waals surface area contributed by atoms with Crippen LogP contribution >= 0.6 is 15.9 Å². The standard InChI is InChI=1S/C15H9BrN2O3/c16-9-5-6-11(15(19)20)13(7-9)21-14-8-17-18-12-4-2-1-3-10(12)14/h1-8H,(H,19,20). The highest BCUT2D eigenvalue weighted by atomic mass is 79.9. The third-order valence-electron chi connectivity index (χ3n) is 2.90. The molecule has 1 N–H and O–H groups in total. The molecule has 0 spiro atoms. The van der Waals surface area contributed by atoms with E-state index in [9.17, 15) is 9.90 Å². The fraction of sp³-hybridized carbons (Fsp3) is 0. The summed E-state index contributed by atoms with van der Waals surface area (Å²) in [5.41, 5.74) is 0.765. The molecule has 0 bridgehead atoms. The maximum atomic E-state index is 11.3. The SMILES string of the molecule is O=C(O)c1ccc(Br)cc1Oc1cnnc2ccccc12. The van der Waals surface area contributed by atoms with Crippen LogP contribution in [-0.2, 0) is 0 Å². The van der Waals surface area contributed by atoms with Crippen molar-refractivity contribution in [3.8, 4) is 11.5 Å². The maximum absolute atomic E-state index is 11.3. The summed E-state index contributed by atoms with van der Waals surface area (Å²) < 4.78 is 6.48. The number of benzene rings is 2. The summed E-state index contributed by atoms with van der Waals surface area (Å²) in [7, 11) is 0. The van der Waals surface area contributed by atoms with Crippen molar-refractivity contribution in [1.29, 1.82) is 0 Å². The number of aromatic carboxylic acids is 1. The molecule has 3 rings (SSSR count). The molecular weight excluding hydrogens is 336 g/mol. The van der Waals surface area contributed by atoms with Crippen LogP contribution in [0.15, 0.2) is 53.1 Å². The summed E-state index contributed by atoms with van der Waals surface area (Å²) in [4.78, 5) is 11.3. The van der Waals surface area contributed by atoms with Crippen molar-refractivity contribution in [3.05, 3.63) is 58.7 Å². The van der Waals surface area contributed by atoms with Gasteiger partial charge in [-0.25, -0.2) is 4.79 Å². The number of nitrogens with zero attached hydrogens (tertiary/aromatic N) is 2. The van der Waals surface area contributed by atoms with Crippen LogP contribution in [0, 0.1) is 0 Å². The summed E-state index contributed by atoms with van der Waals surface area (Å²) in [5.74, 6) is -0.347. The van der Waals surface area contributed by atoms with Crippen LogP contribution in [0.4, 0.5) is 0 Å². The van der Waals surface area contributed by atoms with E-state index in [1.54, 1.807) is 12.1 Å². The molecule has 21 heavy (non-hydrogen) atoms. The minimum absolute atomic E-state index is 0.0825. The van der Waals surface area contributed by atoms with Gasteiger partial charge in [0.25, 0.3) is 0 Å². The summed E-state index contributed by atoms with van der Waals surface area (Å²) >= 11 is 3.31. The quantitative estimate of drug-likeness (QED) is 0.780. The molecule has 104 valence electrons. The normalized spacial score (nSPS) is 10.5. The van der Waals surface area contributed by atoms with E-state index < -0.39 is 5.97 Å². The largest absolute Gasteiger partial charge is 0.478 e. The lowest BCUT2D eigenvalue weighted by atomic mass is 10.2. The second-order valence-electron chi connectivity index (χ2n) is 4.27. The van der Waals surface area contributed by atoms with E-state index >= 15 is 0 Å². The van der Waals surface area contributed by atoms with E-state index in [0.717, 1.165) is 9.86 Å². The molecule has 2 aromatic carbocycles. The lowest BCUT2D eigenvalue weighted by molar-refractivity contribution is 0.0694. The molecule has 5 nitrogen and oxygen atoms in total. The minimum Gasteiger partial charge on any atom is -0.478 e. The van der Waals surface area contributed by atoms with Crippen LogP contribution in [0.1, 0.15) is 10.4 Å². The minimum atomic E-state index is -1.05. The van der Waals surface area contributed by atoms with Gasteiger partial charge in [-0.3, -0.25) is 0 Å². The van der Waals surface area contributed by atoms with Gasteiger partial charge < -0.3 is 9.84 Å². The van der Waals surface area contributed by atoms with Crippen LogP contribution in [-0.4, -0.2) is 21.3 Å². The van der Waals surface area contributed by atoms with Crippen molar-refractivity contribution in [2.45, 2.75) is 0 Å². The second-order valence-corrected chi connectivity index (χ2v) is 5.19. The van der Waals surface area contributed by atoms with Gasteiger partial charge in [0.1, 0.15) is 11.3 Å². The van der Waals surface area contributed by atoms with Crippen molar-refractivity contribution >= 4 is 32.8 Å². The van der Waals surface area contributed by atoms with Gasteiger partial charge in [0.05, 0.1) is 11.7 Å². The topological polar surface area (TPSA) is 72.3 Å². The molecule has 1 heterocycles. The number of carboxylic acid groups (broad SMARTS) is 1. The summed E-state index contributed by atoms with van der Waals surface area (Å²) in [6.45, 7) is 0. The van der Waals surface area contributed by atoms with E-state index in [0.29, 0.717) is 11.3 Å². The zero-order valence-electron chi connectivity index (χ0n) is 10.7. The highest BCUT2D eigenvalue weighted by molar-refractivity contribution is 9.10. The number of rotatable bonds is 3. The highest BCUT2D eigenvalue weighted by Crippen LogP contribution is 2.31. The molecule has 6 heteroatoms. The molecule has 0 atom stereocenters. The van der Waals surface area contributed by atoms with E-state index in [1.165, 1.54) is 12.3 Å². The Morgan fingerprint density at radius 3 is 2.76 bits per heavy atom. The van der Waals surface area contributed by atoms with Gasteiger partial charge in [0.2, 0.25) is 0 Å². The lowest BCUT2D eigenvalue weighted by Crippen LogP contribution is -2.00. The monoisotopic (exact) mass is 344 g/mol. The van der Waals surface area contributed by atoms with Gasteiger partial charge >= 0.3 is 5.97 Å². The van der Waals surface area contributed by atoms with Crippen LogP contribution in [0.2, 0.25) is 0 Å². The first kappa shape index (κ1) is 13.5. The van der Waals surface area contributed by atoms with Crippen molar-refractivity contribution in [2.24, 2.45) is 0 Å². The van der Waals surface area contributed by atoms with E-state index in [4.69, 9.17) is 4.74 Å². The Kier molecular flexibility index (Phi) is 3.53. The number of hydrogen-bond acceptors (Lipinski definition) is 4. The van der Waals surface area contributed by atoms with Crippen molar-refractivity contribution in [1.82, 2.24) is 10.2 Å². The van der Waals surface area contributed by atoms with Crippen LogP contribution < -0.4 is 4.74 Å². The molecular formula is C15H9BrN2O3. The number of fused-ring (bicyclic) bond motifs is 1. The number of hydrogen-bond donors (Lipinski definition) is 1. The predicted molar refractivity (Wildman–Crippen MR) is 80.7 cm³/mol. The van der Waals surface area contributed by atoms with Crippen molar-refractivity contribution < 1.29 is 14.6 Å². The Morgan fingerprint density at radius 2 is 1.95 bits per heavy atom. The lowest BCUT2D eigenvalue weighted by Gasteiger charge is -2.10. The molecule has 0 saturated heterocycles. The molecule has 0 aliphatic heterocycles. The Morgan fingerprint density at radius 1 is 1.14 bits per heavy atom. The van der Waals surface area contributed by atoms with Crippen LogP contribution in [0.5, 0.6) is 11.5 Å². The molecule has 0 amide bonds. The van der Waals surface area contributed by atoms with Gasteiger partial charge in [-0.05, 0) is 30.3 Å². The zero-order chi connectivity index (χ0) is 14.8. The van der Waals surface area contributed by atoms with Gasteiger partial charge in [-0.2, -0.15) is 10.2 Å². The molecule has 0 aliphatic rings. The zero-order valence-corrected chi connectivity index (χ0v) is 12.2. The molecule has 0 radical (unpaired) electrons.